The van der Waals surface area contributed by atoms with Gasteiger partial charge in [-0.1, -0.05) is 121 Å². The number of rotatable bonds is 4. The van der Waals surface area contributed by atoms with E-state index in [1.807, 2.05) is 0 Å². The Morgan fingerprint density at radius 1 is 0.312 bits per heavy atom. The van der Waals surface area contributed by atoms with Crippen molar-refractivity contribution in [2.45, 2.75) is 13.8 Å². The Balaban J connectivity index is 1.65. The van der Waals surface area contributed by atoms with Gasteiger partial charge in [0.05, 0.1) is 0 Å². The molecule has 0 saturated carbocycles. The fraction of sp³-hybridized carbons (Fsp3) is 0.0625. The molecule has 32 heavy (non-hydrogen) atoms. The van der Waals surface area contributed by atoms with Crippen LogP contribution in [0.2, 0.25) is 0 Å². The maximum Gasteiger partial charge on any atom is -0.0103 e. The van der Waals surface area contributed by atoms with Crippen molar-refractivity contribution in [1.82, 2.24) is 0 Å². The van der Waals surface area contributed by atoms with Gasteiger partial charge in [0.2, 0.25) is 0 Å². The summed E-state index contributed by atoms with van der Waals surface area (Å²) in [5, 5.41) is 0. The maximum atomic E-state index is 2.36. The molecule has 154 valence electrons. The fourth-order valence-electron chi connectivity index (χ4n) is 4.57. The largest absolute Gasteiger partial charge is 0.0622 e. The first kappa shape index (κ1) is 20.0. The Kier molecular flexibility index (Phi) is 5.44. The highest BCUT2D eigenvalue weighted by Crippen LogP contribution is 2.39. The van der Waals surface area contributed by atoms with E-state index in [-0.39, 0.29) is 0 Å². The lowest BCUT2D eigenvalue weighted by Gasteiger charge is -2.18. The van der Waals surface area contributed by atoms with Crippen molar-refractivity contribution >= 4 is 0 Å². The second-order valence-corrected chi connectivity index (χ2v) is 8.31. The monoisotopic (exact) mass is 410 g/mol. The first-order valence-electron chi connectivity index (χ1n) is 11.1. The van der Waals surface area contributed by atoms with Crippen molar-refractivity contribution in [3.63, 3.8) is 0 Å². The standard InChI is InChI=1S/C32H26/c1-23-21-32(30-20-12-10-18-28(30)26-15-7-4-8-16-26)24(2)22-31(23)29-19-11-9-17-27(29)25-13-5-3-6-14-25/h3-22H,1-2H3. The summed E-state index contributed by atoms with van der Waals surface area (Å²) in [7, 11) is 0. The zero-order valence-electron chi connectivity index (χ0n) is 18.5. The Morgan fingerprint density at radius 3 is 1.00 bits per heavy atom. The molecule has 0 aliphatic carbocycles. The van der Waals surface area contributed by atoms with Gasteiger partial charge in [0, 0.05) is 0 Å². The molecule has 0 unspecified atom stereocenters. The highest BCUT2D eigenvalue weighted by Gasteiger charge is 2.14. The lowest BCUT2D eigenvalue weighted by Crippen LogP contribution is -1.93. The van der Waals surface area contributed by atoms with Crippen LogP contribution in [-0.4, -0.2) is 0 Å². The summed E-state index contributed by atoms with van der Waals surface area (Å²) in [6.45, 7) is 4.45. The summed E-state index contributed by atoms with van der Waals surface area (Å²) in [6.07, 6.45) is 0. The van der Waals surface area contributed by atoms with E-state index in [1.165, 1.54) is 55.6 Å². The summed E-state index contributed by atoms with van der Waals surface area (Å²) < 4.78 is 0. The third-order valence-electron chi connectivity index (χ3n) is 6.18. The van der Waals surface area contributed by atoms with Gasteiger partial charge in [0.25, 0.3) is 0 Å². The molecule has 0 spiro atoms. The van der Waals surface area contributed by atoms with Crippen molar-refractivity contribution in [3.05, 3.63) is 132 Å². The lowest BCUT2D eigenvalue weighted by molar-refractivity contribution is 1.38. The average Bonchev–Trinajstić information content (AvgIpc) is 2.86. The van der Waals surface area contributed by atoms with Crippen LogP contribution in [-0.2, 0) is 0 Å². The molecular formula is C32H26. The summed E-state index contributed by atoms with van der Waals surface area (Å²) in [4.78, 5) is 0. The molecule has 5 aromatic rings. The van der Waals surface area contributed by atoms with Crippen molar-refractivity contribution in [2.75, 3.05) is 0 Å². The summed E-state index contributed by atoms with van der Waals surface area (Å²) in [5.74, 6) is 0. The molecule has 5 rings (SSSR count). The second-order valence-electron chi connectivity index (χ2n) is 8.31. The topological polar surface area (TPSA) is 0 Å². The highest BCUT2D eigenvalue weighted by molar-refractivity contribution is 5.89. The number of hydrogen-bond acceptors (Lipinski definition) is 0. The van der Waals surface area contributed by atoms with Gasteiger partial charge < -0.3 is 0 Å². The minimum absolute atomic E-state index is 1.25. The van der Waals surface area contributed by atoms with Crippen LogP contribution in [0.5, 0.6) is 0 Å². The third kappa shape index (κ3) is 3.76. The van der Waals surface area contributed by atoms with E-state index in [2.05, 4.69) is 135 Å². The van der Waals surface area contributed by atoms with Crippen molar-refractivity contribution in [2.24, 2.45) is 0 Å². The van der Waals surface area contributed by atoms with Crippen molar-refractivity contribution < 1.29 is 0 Å². The highest BCUT2D eigenvalue weighted by atomic mass is 14.2. The Bertz CT molecular complexity index is 1250. The van der Waals surface area contributed by atoms with Crippen LogP contribution in [0.25, 0.3) is 44.5 Å². The van der Waals surface area contributed by atoms with E-state index in [9.17, 15) is 0 Å². The predicted octanol–water partition coefficient (Wildman–Crippen LogP) is 8.97. The van der Waals surface area contributed by atoms with Gasteiger partial charge in [-0.25, -0.2) is 0 Å². The zero-order valence-corrected chi connectivity index (χ0v) is 18.5. The van der Waals surface area contributed by atoms with Gasteiger partial charge in [-0.05, 0) is 69.5 Å². The van der Waals surface area contributed by atoms with Crippen LogP contribution in [0.15, 0.2) is 121 Å². The molecule has 0 N–H and O–H groups in total. The number of benzene rings is 5. The van der Waals surface area contributed by atoms with E-state index in [1.54, 1.807) is 0 Å². The van der Waals surface area contributed by atoms with E-state index >= 15 is 0 Å². The third-order valence-corrected chi connectivity index (χ3v) is 6.18. The van der Waals surface area contributed by atoms with Gasteiger partial charge in [0.1, 0.15) is 0 Å². The molecule has 0 saturated heterocycles. The Morgan fingerprint density at radius 2 is 0.625 bits per heavy atom. The molecule has 0 nitrogen and oxygen atoms in total. The molecule has 0 fully saturated rings. The summed E-state index contributed by atoms with van der Waals surface area (Å²) in [6, 6.07) is 43.4. The van der Waals surface area contributed by atoms with Crippen LogP contribution < -0.4 is 0 Å². The molecule has 0 aliphatic heterocycles. The average molecular weight is 411 g/mol. The quantitative estimate of drug-likeness (QED) is 0.277. The van der Waals surface area contributed by atoms with E-state index in [0.717, 1.165) is 0 Å². The minimum Gasteiger partial charge on any atom is -0.0622 e. The molecule has 0 bridgehead atoms. The Labute approximate surface area is 190 Å². The van der Waals surface area contributed by atoms with Crippen molar-refractivity contribution in [3.8, 4) is 44.5 Å². The molecule has 0 aromatic heterocycles. The Hall–Kier alpha value is -3.90. The van der Waals surface area contributed by atoms with E-state index < -0.39 is 0 Å². The number of hydrogen-bond donors (Lipinski definition) is 0. The molecule has 0 heterocycles. The fourth-order valence-corrected chi connectivity index (χ4v) is 4.57. The smallest absolute Gasteiger partial charge is 0.0103 e. The molecule has 0 amide bonds. The van der Waals surface area contributed by atoms with Gasteiger partial charge in [0.15, 0.2) is 0 Å². The maximum absolute atomic E-state index is 2.36. The van der Waals surface area contributed by atoms with Crippen LogP contribution >= 0.6 is 0 Å². The van der Waals surface area contributed by atoms with Crippen LogP contribution in [0.1, 0.15) is 11.1 Å². The van der Waals surface area contributed by atoms with Crippen LogP contribution in [0.4, 0.5) is 0 Å². The summed E-state index contributed by atoms with van der Waals surface area (Å²) in [5.41, 5.74) is 12.8. The van der Waals surface area contributed by atoms with Crippen LogP contribution in [0, 0.1) is 13.8 Å². The van der Waals surface area contributed by atoms with E-state index in [0.29, 0.717) is 0 Å². The molecule has 0 heteroatoms. The first-order chi connectivity index (χ1) is 15.7. The normalized spacial score (nSPS) is 10.8. The zero-order chi connectivity index (χ0) is 21.9. The van der Waals surface area contributed by atoms with Crippen LogP contribution in [0.3, 0.4) is 0 Å². The van der Waals surface area contributed by atoms with Gasteiger partial charge in [-0.2, -0.15) is 0 Å². The number of aryl methyl sites for hydroxylation is 2. The first-order valence-corrected chi connectivity index (χ1v) is 11.1. The van der Waals surface area contributed by atoms with Gasteiger partial charge in [-0.3, -0.25) is 0 Å². The molecule has 0 aliphatic rings. The second kappa shape index (κ2) is 8.69. The molecular weight excluding hydrogens is 384 g/mol. The van der Waals surface area contributed by atoms with Gasteiger partial charge in [-0.15, -0.1) is 0 Å². The SMILES string of the molecule is Cc1cc(-c2ccccc2-c2ccccc2)c(C)cc1-c1ccccc1-c1ccccc1. The minimum atomic E-state index is 1.25. The molecule has 5 aromatic carbocycles. The van der Waals surface area contributed by atoms with Crippen molar-refractivity contribution in [1.29, 1.82) is 0 Å². The lowest BCUT2D eigenvalue weighted by atomic mass is 9.86. The van der Waals surface area contributed by atoms with E-state index in [4.69, 9.17) is 0 Å². The van der Waals surface area contributed by atoms with Gasteiger partial charge >= 0.3 is 0 Å². The molecule has 0 atom stereocenters. The molecule has 0 radical (unpaired) electrons. The summed E-state index contributed by atoms with van der Waals surface area (Å²) >= 11 is 0. The predicted molar refractivity (Wildman–Crippen MR) is 138 cm³/mol.